The summed E-state index contributed by atoms with van der Waals surface area (Å²) in [6, 6.07) is 9.02. The molecule has 0 bridgehead atoms. The Morgan fingerprint density at radius 2 is 1.90 bits per heavy atom. The first-order valence-electron chi connectivity index (χ1n) is 6.76. The molecule has 0 aliphatic rings. The van der Waals surface area contributed by atoms with Crippen molar-refractivity contribution in [3.8, 4) is 23.2 Å². The zero-order chi connectivity index (χ0) is 15.1. The van der Waals surface area contributed by atoms with Crippen molar-refractivity contribution >= 4 is 5.97 Å². The second kappa shape index (κ2) is 7.15. The molecule has 5 nitrogen and oxygen atoms in total. The second-order valence-corrected chi connectivity index (χ2v) is 4.51. The standard InChI is InChI=1S/C16H15N3O2/c1-2-3-4-15(20)21-14-10-18-16(19-11-14)13-7-5-12(9-17)6-8-13/h5-8,10-11H,2-4H2,1H3. The maximum atomic E-state index is 11.5. The van der Waals surface area contributed by atoms with Crippen LogP contribution in [0.5, 0.6) is 5.75 Å². The first-order chi connectivity index (χ1) is 10.2. The Labute approximate surface area is 123 Å². The summed E-state index contributed by atoms with van der Waals surface area (Å²) in [7, 11) is 0. The number of nitrogens with zero attached hydrogens (tertiary/aromatic N) is 3. The molecule has 0 saturated carbocycles. The molecular weight excluding hydrogens is 266 g/mol. The van der Waals surface area contributed by atoms with E-state index in [1.165, 1.54) is 12.4 Å². The van der Waals surface area contributed by atoms with Crippen LogP contribution in [0.1, 0.15) is 31.7 Å². The molecule has 21 heavy (non-hydrogen) atoms. The van der Waals surface area contributed by atoms with Gasteiger partial charge in [-0.15, -0.1) is 0 Å². The zero-order valence-electron chi connectivity index (χ0n) is 11.7. The molecule has 0 aliphatic carbocycles. The molecule has 1 aromatic carbocycles. The van der Waals surface area contributed by atoms with Crippen LogP contribution in [-0.4, -0.2) is 15.9 Å². The highest BCUT2D eigenvalue weighted by Crippen LogP contribution is 2.17. The van der Waals surface area contributed by atoms with Gasteiger partial charge >= 0.3 is 5.97 Å². The molecule has 2 aromatic rings. The van der Waals surface area contributed by atoms with Crippen LogP contribution in [0.2, 0.25) is 0 Å². The highest BCUT2D eigenvalue weighted by molar-refractivity contribution is 5.72. The van der Waals surface area contributed by atoms with Gasteiger partial charge in [-0.05, 0) is 30.7 Å². The van der Waals surface area contributed by atoms with E-state index in [0.717, 1.165) is 18.4 Å². The maximum absolute atomic E-state index is 11.5. The summed E-state index contributed by atoms with van der Waals surface area (Å²) in [5, 5.41) is 8.75. The quantitative estimate of drug-likeness (QED) is 0.787. The smallest absolute Gasteiger partial charge is 0.311 e. The topological polar surface area (TPSA) is 75.9 Å². The fourth-order valence-corrected chi connectivity index (χ4v) is 1.72. The van der Waals surface area contributed by atoms with Crippen molar-refractivity contribution in [1.82, 2.24) is 9.97 Å². The second-order valence-electron chi connectivity index (χ2n) is 4.51. The highest BCUT2D eigenvalue weighted by Gasteiger charge is 2.06. The highest BCUT2D eigenvalue weighted by atomic mass is 16.5. The van der Waals surface area contributed by atoms with Gasteiger partial charge in [0.25, 0.3) is 0 Å². The normalized spacial score (nSPS) is 9.90. The van der Waals surface area contributed by atoms with E-state index < -0.39 is 0 Å². The third kappa shape index (κ3) is 4.11. The van der Waals surface area contributed by atoms with Crippen LogP contribution in [0.3, 0.4) is 0 Å². The molecule has 1 aromatic heterocycles. The summed E-state index contributed by atoms with van der Waals surface area (Å²) in [5.41, 5.74) is 1.39. The van der Waals surface area contributed by atoms with Crippen LogP contribution in [0.15, 0.2) is 36.7 Å². The Hall–Kier alpha value is -2.74. The Morgan fingerprint density at radius 1 is 1.24 bits per heavy atom. The largest absolute Gasteiger partial charge is 0.423 e. The number of carbonyl (C=O) groups excluding carboxylic acids is 1. The predicted molar refractivity (Wildman–Crippen MR) is 77.3 cm³/mol. The molecule has 1 heterocycles. The number of ether oxygens (including phenoxy) is 1. The Kier molecular flexibility index (Phi) is 4.99. The molecule has 0 saturated heterocycles. The van der Waals surface area contributed by atoms with Gasteiger partial charge in [-0.1, -0.05) is 13.3 Å². The van der Waals surface area contributed by atoms with Gasteiger partial charge < -0.3 is 4.74 Å². The van der Waals surface area contributed by atoms with Crippen molar-refractivity contribution in [3.63, 3.8) is 0 Å². The number of carbonyl (C=O) groups is 1. The molecule has 0 atom stereocenters. The lowest BCUT2D eigenvalue weighted by molar-refractivity contribution is -0.134. The van der Waals surface area contributed by atoms with Crippen LogP contribution >= 0.6 is 0 Å². The number of hydrogen-bond donors (Lipinski definition) is 0. The summed E-state index contributed by atoms with van der Waals surface area (Å²) < 4.78 is 5.14. The zero-order valence-corrected chi connectivity index (χ0v) is 11.7. The molecule has 0 amide bonds. The number of nitriles is 1. The van der Waals surface area contributed by atoms with E-state index in [2.05, 4.69) is 16.0 Å². The van der Waals surface area contributed by atoms with E-state index in [1.807, 2.05) is 6.92 Å². The van der Waals surface area contributed by atoms with Gasteiger partial charge in [0.05, 0.1) is 24.0 Å². The molecule has 5 heteroatoms. The lowest BCUT2D eigenvalue weighted by Crippen LogP contribution is -2.07. The van der Waals surface area contributed by atoms with E-state index in [1.54, 1.807) is 24.3 Å². The van der Waals surface area contributed by atoms with Gasteiger partial charge in [-0.25, -0.2) is 9.97 Å². The van der Waals surface area contributed by atoms with Gasteiger partial charge in [0, 0.05) is 12.0 Å². The molecule has 106 valence electrons. The lowest BCUT2D eigenvalue weighted by Gasteiger charge is -2.04. The Morgan fingerprint density at radius 3 is 2.48 bits per heavy atom. The SMILES string of the molecule is CCCCC(=O)Oc1cnc(-c2ccc(C#N)cc2)nc1. The molecule has 0 aliphatic heterocycles. The summed E-state index contributed by atoms with van der Waals surface area (Å²) in [6.07, 6.45) is 5.11. The average molecular weight is 281 g/mol. The van der Waals surface area contributed by atoms with Gasteiger partial charge in [0.1, 0.15) is 0 Å². The van der Waals surface area contributed by atoms with Gasteiger partial charge in [-0.2, -0.15) is 5.26 Å². The van der Waals surface area contributed by atoms with Crippen molar-refractivity contribution in [3.05, 3.63) is 42.2 Å². The van der Waals surface area contributed by atoms with Crippen molar-refractivity contribution in [1.29, 1.82) is 5.26 Å². The molecule has 0 fully saturated rings. The third-order valence-corrected chi connectivity index (χ3v) is 2.87. The molecule has 2 rings (SSSR count). The average Bonchev–Trinajstić information content (AvgIpc) is 2.54. The Bertz CT molecular complexity index is 643. The van der Waals surface area contributed by atoms with Crippen LogP contribution in [0, 0.1) is 11.3 Å². The third-order valence-electron chi connectivity index (χ3n) is 2.87. The van der Waals surface area contributed by atoms with E-state index in [4.69, 9.17) is 10.00 Å². The van der Waals surface area contributed by atoms with Crippen LogP contribution in [0.4, 0.5) is 0 Å². The summed E-state index contributed by atoms with van der Waals surface area (Å²) >= 11 is 0. The van der Waals surface area contributed by atoms with Crippen LogP contribution in [-0.2, 0) is 4.79 Å². The van der Waals surface area contributed by atoms with Crippen LogP contribution < -0.4 is 4.74 Å². The monoisotopic (exact) mass is 281 g/mol. The van der Waals surface area contributed by atoms with E-state index in [0.29, 0.717) is 23.6 Å². The first kappa shape index (κ1) is 14.7. The van der Waals surface area contributed by atoms with Crippen molar-refractivity contribution in [2.45, 2.75) is 26.2 Å². The van der Waals surface area contributed by atoms with Crippen molar-refractivity contribution in [2.75, 3.05) is 0 Å². The Balaban J connectivity index is 2.04. The maximum Gasteiger partial charge on any atom is 0.311 e. The fraction of sp³-hybridized carbons (Fsp3) is 0.250. The number of unbranched alkanes of at least 4 members (excludes halogenated alkanes) is 1. The summed E-state index contributed by atoms with van der Waals surface area (Å²) in [4.78, 5) is 19.8. The molecule has 0 N–H and O–H groups in total. The molecule has 0 spiro atoms. The van der Waals surface area contributed by atoms with Crippen LogP contribution in [0.25, 0.3) is 11.4 Å². The number of aromatic nitrogens is 2. The minimum Gasteiger partial charge on any atom is -0.423 e. The van der Waals surface area contributed by atoms with Crippen molar-refractivity contribution < 1.29 is 9.53 Å². The lowest BCUT2D eigenvalue weighted by atomic mass is 10.1. The fourth-order valence-electron chi connectivity index (χ4n) is 1.72. The van der Waals surface area contributed by atoms with E-state index in [9.17, 15) is 4.79 Å². The number of benzene rings is 1. The number of rotatable bonds is 5. The van der Waals surface area contributed by atoms with Crippen molar-refractivity contribution in [2.24, 2.45) is 0 Å². The number of hydrogen-bond acceptors (Lipinski definition) is 5. The van der Waals surface area contributed by atoms with Gasteiger partial charge in [0.15, 0.2) is 11.6 Å². The predicted octanol–water partition coefficient (Wildman–Crippen LogP) is 3.11. The van der Waals surface area contributed by atoms with Gasteiger partial charge in [0.2, 0.25) is 0 Å². The van der Waals surface area contributed by atoms with Gasteiger partial charge in [-0.3, -0.25) is 4.79 Å². The first-order valence-corrected chi connectivity index (χ1v) is 6.76. The summed E-state index contributed by atoms with van der Waals surface area (Å²) in [5.74, 6) is 0.591. The molecular formula is C16H15N3O2. The number of esters is 1. The minimum absolute atomic E-state index is 0.272. The summed E-state index contributed by atoms with van der Waals surface area (Å²) in [6.45, 7) is 2.02. The minimum atomic E-state index is -0.272. The molecule has 0 radical (unpaired) electrons. The molecule has 0 unspecified atom stereocenters. The van der Waals surface area contributed by atoms with E-state index in [-0.39, 0.29) is 5.97 Å². The van der Waals surface area contributed by atoms with E-state index >= 15 is 0 Å².